The van der Waals surface area contributed by atoms with E-state index in [0.717, 1.165) is 12.8 Å². The van der Waals surface area contributed by atoms with Gasteiger partial charge in [-0.2, -0.15) is 15.4 Å². The van der Waals surface area contributed by atoms with Gasteiger partial charge in [-0.25, -0.2) is 0 Å². The van der Waals surface area contributed by atoms with Gasteiger partial charge in [0.05, 0.1) is 23.4 Å². The number of carbonyl (C=O) groups excluding carboxylic acids is 2. The van der Waals surface area contributed by atoms with Crippen LogP contribution in [0, 0.1) is 17.2 Å². The molecule has 0 aromatic heterocycles. The molecule has 1 aromatic carbocycles. The summed E-state index contributed by atoms with van der Waals surface area (Å²) in [7, 11) is 0. The second kappa shape index (κ2) is 7.93. The summed E-state index contributed by atoms with van der Waals surface area (Å²) in [5.74, 6) is -1.51. The lowest BCUT2D eigenvalue weighted by Gasteiger charge is -2.13. The number of nitrogens with zero attached hydrogens (tertiary/aromatic N) is 3. The third-order valence-electron chi connectivity index (χ3n) is 4.40. The van der Waals surface area contributed by atoms with E-state index < -0.39 is 11.8 Å². The highest BCUT2D eigenvalue weighted by Crippen LogP contribution is 2.25. The Morgan fingerprint density at radius 2 is 2.23 bits per heavy atom. The number of hydrazone groups is 1. The standard InChI is InChI=1S/C19H20N4O3/c1-13-17(19(25)23(22-13)15-6-3-2-4-7-15)10-14(11-20)18(24)21-12-16-8-5-9-26-16/h2-4,6-7,10,16-17H,5,8-9,12H2,1H3,(H,21,24)/b14-10+/t16-,17+/m1/s1. The van der Waals surface area contributed by atoms with Crippen LogP contribution in [0.25, 0.3) is 0 Å². The molecular formula is C19H20N4O3. The second-order valence-corrected chi connectivity index (χ2v) is 6.24. The highest BCUT2D eigenvalue weighted by atomic mass is 16.5. The molecule has 2 atom stereocenters. The highest BCUT2D eigenvalue weighted by Gasteiger charge is 2.34. The lowest BCUT2D eigenvalue weighted by atomic mass is 10.0. The molecule has 2 aliphatic rings. The fourth-order valence-corrected chi connectivity index (χ4v) is 2.96. The topological polar surface area (TPSA) is 94.8 Å². The van der Waals surface area contributed by atoms with Crippen molar-refractivity contribution in [1.82, 2.24) is 5.32 Å². The van der Waals surface area contributed by atoms with Gasteiger partial charge in [0.1, 0.15) is 11.6 Å². The summed E-state index contributed by atoms with van der Waals surface area (Å²) in [6.45, 7) is 2.77. The van der Waals surface area contributed by atoms with E-state index >= 15 is 0 Å². The molecule has 1 saturated heterocycles. The zero-order valence-electron chi connectivity index (χ0n) is 14.5. The number of nitriles is 1. The van der Waals surface area contributed by atoms with Gasteiger partial charge in [0, 0.05) is 13.2 Å². The van der Waals surface area contributed by atoms with Crippen molar-refractivity contribution in [3.8, 4) is 6.07 Å². The van der Waals surface area contributed by atoms with E-state index in [4.69, 9.17) is 4.74 Å². The Hall–Kier alpha value is -2.98. The van der Waals surface area contributed by atoms with Crippen molar-refractivity contribution in [3.63, 3.8) is 0 Å². The van der Waals surface area contributed by atoms with Gasteiger partial charge in [0.2, 0.25) is 0 Å². The zero-order chi connectivity index (χ0) is 18.5. The second-order valence-electron chi connectivity index (χ2n) is 6.24. The van der Waals surface area contributed by atoms with Crippen molar-refractivity contribution in [3.05, 3.63) is 42.0 Å². The Morgan fingerprint density at radius 3 is 2.88 bits per heavy atom. The van der Waals surface area contributed by atoms with Crippen LogP contribution in [0.15, 0.2) is 47.1 Å². The first kappa shape index (κ1) is 17.8. The van der Waals surface area contributed by atoms with E-state index in [1.165, 1.54) is 11.1 Å². The van der Waals surface area contributed by atoms with Crippen LogP contribution >= 0.6 is 0 Å². The number of amides is 2. The molecule has 0 unspecified atom stereocenters. The molecule has 7 heteroatoms. The number of nitrogens with one attached hydrogen (secondary N) is 1. The summed E-state index contributed by atoms with van der Waals surface area (Å²) in [5, 5.41) is 17.6. The van der Waals surface area contributed by atoms with Crippen LogP contribution < -0.4 is 10.3 Å². The van der Waals surface area contributed by atoms with E-state index in [9.17, 15) is 14.9 Å². The van der Waals surface area contributed by atoms with Crippen molar-refractivity contribution < 1.29 is 14.3 Å². The van der Waals surface area contributed by atoms with Gasteiger partial charge < -0.3 is 10.1 Å². The predicted molar refractivity (Wildman–Crippen MR) is 96.2 cm³/mol. The van der Waals surface area contributed by atoms with Crippen LogP contribution in [-0.4, -0.2) is 36.8 Å². The minimum absolute atomic E-state index is 0.0103. The molecular weight excluding hydrogens is 332 g/mol. The monoisotopic (exact) mass is 352 g/mol. The first-order valence-corrected chi connectivity index (χ1v) is 8.56. The Labute approximate surface area is 151 Å². The summed E-state index contributed by atoms with van der Waals surface area (Å²) in [6, 6.07) is 10.9. The Kier molecular flexibility index (Phi) is 5.44. The average molecular weight is 352 g/mol. The van der Waals surface area contributed by atoms with Gasteiger partial charge in [-0.15, -0.1) is 0 Å². The molecule has 0 spiro atoms. The number of rotatable bonds is 5. The molecule has 2 amide bonds. The van der Waals surface area contributed by atoms with E-state index in [-0.39, 0.29) is 17.6 Å². The fourth-order valence-electron chi connectivity index (χ4n) is 2.96. The molecule has 1 aromatic rings. The largest absolute Gasteiger partial charge is 0.376 e. The number of para-hydroxylation sites is 1. The molecule has 0 radical (unpaired) electrons. The number of carbonyl (C=O) groups is 2. The van der Waals surface area contributed by atoms with Crippen LogP contribution in [0.2, 0.25) is 0 Å². The number of hydrogen-bond acceptors (Lipinski definition) is 5. The van der Waals surface area contributed by atoms with E-state index in [2.05, 4.69) is 10.4 Å². The van der Waals surface area contributed by atoms with Crippen molar-refractivity contribution >= 4 is 23.2 Å². The number of anilines is 1. The molecule has 0 aliphatic carbocycles. The first-order valence-electron chi connectivity index (χ1n) is 8.56. The summed E-state index contributed by atoms with van der Waals surface area (Å²) in [4.78, 5) is 24.9. The number of benzene rings is 1. The maximum absolute atomic E-state index is 12.7. The van der Waals surface area contributed by atoms with Gasteiger partial charge in [-0.05, 0) is 38.0 Å². The van der Waals surface area contributed by atoms with Crippen molar-refractivity contribution in [2.24, 2.45) is 11.0 Å². The van der Waals surface area contributed by atoms with Crippen LogP contribution in [-0.2, 0) is 14.3 Å². The lowest BCUT2D eigenvalue weighted by molar-refractivity contribution is -0.118. The molecule has 3 rings (SSSR count). The van der Waals surface area contributed by atoms with Gasteiger partial charge >= 0.3 is 0 Å². The summed E-state index contributed by atoms with van der Waals surface area (Å²) < 4.78 is 5.45. The first-order chi connectivity index (χ1) is 12.6. The third kappa shape index (κ3) is 3.81. The number of ether oxygens (including phenoxy) is 1. The molecule has 134 valence electrons. The molecule has 26 heavy (non-hydrogen) atoms. The summed E-state index contributed by atoms with van der Waals surface area (Å²) >= 11 is 0. The molecule has 7 nitrogen and oxygen atoms in total. The van der Waals surface area contributed by atoms with Crippen molar-refractivity contribution in [1.29, 1.82) is 5.26 Å². The third-order valence-corrected chi connectivity index (χ3v) is 4.40. The highest BCUT2D eigenvalue weighted by molar-refractivity contribution is 6.17. The van der Waals surface area contributed by atoms with E-state index in [1.807, 2.05) is 24.3 Å². The smallest absolute Gasteiger partial charge is 0.261 e. The van der Waals surface area contributed by atoms with Crippen LogP contribution in [0.4, 0.5) is 5.69 Å². The van der Waals surface area contributed by atoms with Gasteiger partial charge in [0.15, 0.2) is 0 Å². The Balaban J connectivity index is 1.70. The maximum atomic E-state index is 12.7. The van der Waals surface area contributed by atoms with Crippen LogP contribution in [0.1, 0.15) is 19.8 Å². The summed E-state index contributed by atoms with van der Waals surface area (Å²) in [6.07, 6.45) is 3.24. The average Bonchev–Trinajstić information content (AvgIpc) is 3.27. The molecule has 1 N–H and O–H groups in total. The Morgan fingerprint density at radius 1 is 1.46 bits per heavy atom. The van der Waals surface area contributed by atoms with Gasteiger partial charge in [0.25, 0.3) is 11.8 Å². The van der Waals surface area contributed by atoms with Crippen LogP contribution in [0.5, 0.6) is 0 Å². The SMILES string of the molecule is CC1=NN(c2ccccc2)C(=O)[C@H]1/C=C(\C#N)C(=O)NC[C@H]1CCCO1. The molecule has 1 fully saturated rings. The predicted octanol–water partition coefficient (Wildman–Crippen LogP) is 1.77. The van der Waals surface area contributed by atoms with Crippen LogP contribution in [0.3, 0.4) is 0 Å². The molecule has 2 aliphatic heterocycles. The molecule has 2 heterocycles. The quantitative estimate of drug-likeness (QED) is 0.645. The maximum Gasteiger partial charge on any atom is 0.261 e. The Bertz CT molecular complexity index is 789. The summed E-state index contributed by atoms with van der Waals surface area (Å²) in [5.41, 5.74) is 1.10. The van der Waals surface area contributed by atoms with Crippen molar-refractivity contribution in [2.45, 2.75) is 25.9 Å². The molecule has 0 bridgehead atoms. The van der Waals surface area contributed by atoms with E-state index in [0.29, 0.717) is 24.6 Å². The minimum Gasteiger partial charge on any atom is -0.376 e. The lowest BCUT2D eigenvalue weighted by Crippen LogP contribution is -2.33. The van der Waals surface area contributed by atoms with Gasteiger partial charge in [-0.3, -0.25) is 9.59 Å². The van der Waals surface area contributed by atoms with Crippen molar-refractivity contribution in [2.75, 3.05) is 18.2 Å². The van der Waals surface area contributed by atoms with E-state index in [1.54, 1.807) is 19.1 Å². The number of hydrogen-bond donors (Lipinski definition) is 1. The fraction of sp³-hybridized carbons (Fsp3) is 0.368. The minimum atomic E-state index is -0.724. The normalized spacial score (nSPS) is 22.9. The molecule has 0 saturated carbocycles. The zero-order valence-corrected chi connectivity index (χ0v) is 14.5. The van der Waals surface area contributed by atoms with Gasteiger partial charge in [-0.1, -0.05) is 18.2 Å².